The van der Waals surface area contributed by atoms with Crippen molar-refractivity contribution < 1.29 is 181 Å². The summed E-state index contributed by atoms with van der Waals surface area (Å²) in [4.78, 5) is 151. The van der Waals surface area contributed by atoms with Crippen molar-refractivity contribution in [1.29, 1.82) is 2.67 Å². The Kier molecular flexibility index (Phi) is 60.3. The number of nitrogens with one attached hydrogen (secondary N) is 4. The minimum absolute atomic E-state index is 0. The second kappa shape index (κ2) is 64.8. The van der Waals surface area contributed by atoms with Crippen LogP contribution in [0.2, 0.25) is 74.5 Å². The predicted molar refractivity (Wildman–Crippen MR) is 572 cm³/mol. The summed E-state index contributed by atoms with van der Waals surface area (Å²) in [6, 6.07) is 22.6. The maximum absolute atomic E-state index is 12.9. The molecule has 6 saturated carbocycles. The Morgan fingerprint density at radius 2 is 0.803 bits per heavy atom. The third-order valence-corrected chi connectivity index (χ3v) is 29.2. The van der Waals surface area contributed by atoms with E-state index < -0.39 is 102 Å². The SMILES string of the molecule is CC(C)C[C@H](CC(=O)CNC(=O)c1cc(Cl)ccc1Cl)B1OC(=O)CC(CC(=O)O)(C(=O)O)O1.CC(C)C[C@H](CC(=O)CNC(=O)c1cc(Cl)ccc1Cl)B1O[C@@H]2C[C@@H]3CC(C3(C)C)[C@]2(C)O1.CC(C)C[C@H](N)B1O[C@@H]2C[C@@H]3CC(C3(C)C)[C@]2(C)O1.COB(C)[C@@H](CC(=O)CNC(=O)c1cc(Cl)ccc1Cl)CC(C)C.NCC(=O)O.NCl.O=C(Cl)c1cc(Cl)ccc1Cl.O=C(O)CNC(=O)c1cc(Cl)ccc1Cl.[3H][B][3H].[Na+].[OH-].[U]. The minimum Gasteiger partial charge on any atom is -0.870 e. The smallest absolute Gasteiger partial charge is 0.870 e. The number of Topliss-reactive ketones (excluding diaryl/α,β-unsaturated/α-hetero) is 3. The van der Waals surface area contributed by atoms with E-state index in [1.54, 1.807) is 37.4 Å². The number of rotatable bonds is 36. The average molecular weight is 2530 g/mol. The third kappa shape index (κ3) is 42.2. The molecular formula is C96H130B5Cl12N7NaO25U. The fourth-order valence-electron chi connectivity index (χ4n) is 18.8. The molecule has 803 valence electrons. The van der Waals surface area contributed by atoms with Crippen molar-refractivity contribution in [1.82, 2.24) is 21.3 Å². The number of hydrogen-bond donors (Lipinski definition) is 11. The number of carbonyl (C=O) groups excluding carboxylic acids is 9. The maximum atomic E-state index is 12.9. The van der Waals surface area contributed by atoms with Crippen LogP contribution in [0.3, 0.4) is 0 Å². The summed E-state index contributed by atoms with van der Waals surface area (Å²) in [7, 11) is 0.110. The third-order valence-electron chi connectivity index (χ3n) is 26.2. The molecule has 5 aromatic carbocycles. The number of hydrogen-bond acceptors (Lipinski definition) is 24. The normalized spacial score (nSPS) is 21.1. The Hall–Kier alpha value is -4.53. The number of nitrogens with two attached hydrogens (primary N) is 3. The fourth-order valence-corrected chi connectivity index (χ4v) is 20.9. The van der Waals surface area contributed by atoms with Gasteiger partial charge in [0.15, 0.2) is 23.0 Å². The monoisotopic (exact) mass is 2520 g/mol. The molecule has 6 aliphatic carbocycles. The number of carboxylic acid groups (broad SMARTS) is 4. The standard InChI is InChI=1S/C25H34BCl2NO4.C21H24BCl2NO9.C17H24BCl2NO3.C15H28BNO2.C9H7Cl2NO3.C7H3Cl3O.C2H5NO2.BH2.ClH2N.Na.H2O.U/c1-14(2)8-16(11-18(30)13-29-23(31)19-12-17(27)6-7-20(19)28)26-32-22-10-15-9-21(24(15,3)4)25(22,5)33-26;1-11(2)5-12(22-33-18(29)9-21(34-22,20(31)32)8-17(27)28)6-14(26)10-25-19(30)15-7-13(23)3-4-16(15)24;1-11(2)7-12(18(3)24-4)8-14(22)10-21-17(23)15-9-13(19)5-6-16(15)20;1-9(2)6-13(17)16-18-12-8-10-7-11(14(10,3)4)15(12,5)19-16;10-5-1-2-7(11)6(3-5)9(15)12-4-8(13)14;8-4-1-2-6(9)5(3-4)7(10)11;3-1-2(4)5;;1-2;;;/h6-7,12,14-16,21-22H,8-11,13H2,1-5H3,(H,29,31);3-4,7,11-12H,5-6,8-10H2,1-2H3,(H,25,30)(H,27,28)(H,31,32);5-6,9,11-12H,7-8,10H2,1-4H3,(H,21,23);9-13H,6-8,17H2,1-5H3;1-3H,4H2,(H,12,15)(H,13,14);1-3H;1,3H2,(H,4,5);1H2;2H2;;1H2;/q;;;;;;;;;+1;;/p-1/t15-,16+,21?,22+,25-;12-,21?;12-;10-,11?,12+,13-,15-;;;;;;;;/m0110......../s1/i;;;;;;;1T2;;;;. The Bertz CT molecular complexity index is 5330. The number of aliphatic carboxylic acids is 4. The van der Waals surface area contributed by atoms with Crippen molar-refractivity contribution >= 4 is 252 Å². The van der Waals surface area contributed by atoms with Crippen molar-refractivity contribution in [3.63, 3.8) is 0 Å². The van der Waals surface area contributed by atoms with E-state index in [4.69, 9.17) is 184 Å². The van der Waals surface area contributed by atoms with Gasteiger partial charge in [0.05, 0.1) is 124 Å². The van der Waals surface area contributed by atoms with E-state index in [1.165, 1.54) is 73.5 Å². The molecule has 4 bridgehead atoms. The topological polar surface area (TPSA) is 524 Å². The van der Waals surface area contributed by atoms with Gasteiger partial charge in [0.1, 0.15) is 6.54 Å². The summed E-state index contributed by atoms with van der Waals surface area (Å²) in [5, 5.41) is 51.2. The predicted octanol–water partition coefficient (Wildman–Crippen LogP) is 15.9. The van der Waals surface area contributed by atoms with Crippen molar-refractivity contribution in [2.75, 3.05) is 39.8 Å². The summed E-state index contributed by atoms with van der Waals surface area (Å²) >= 11 is 67.8. The number of carboxylic acids is 4. The van der Waals surface area contributed by atoms with Gasteiger partial charge in [-0.3, -0.25) is 57.5 Å². The molecule has 9 fully saturated rings. The van der Waals surface area contributed by atoms with E-state index in [9.17, 15) is 67.4 Å². The van der Waals surface area contributed by atoms with Crippen LogP contribution >= 0.6 is 139 Å². The molecule has 32 nitrogen and oxygen atoms in total. The Morgan fingerprint density at radius 3 is 1.10 bits per heavy atom. The van der Waals surface area contributed by atoms with E-state index in [-0.39, 0.29) is 227 Å². The minimum atomic E-state index is -2.30. The molecule has 3 saturated heterocycles. The summed E-state index contributed by atoms with van der Waals surface area (Å²) in [6.07, 6.45) is 6.73. The van der Waals surface area contributed by atoms with Crippen molar-refractivity contribution in [2.24, 2.45) is 74.9 Å². The van der Waals surface area contributed by atoms with Crippen LogP contribution in [-0.4, -0.2) is 216 Å². The number of amides is 4. The molecule has 13 atom stereocenters. The van der Waals surface area contributed by atoms with Crippen LogP contribution in [0, 0.1) is 89.3 Å². The zero-order valence-electron chi connectivity index (χ0n) is 87.0. The first-order valence-electron chi connectivity index (χ1n) is 47.5. The Morgan fingerprint density at radius 1 is 0.490 bits per heavy atom. The van der Waals surface area contributed by atoms with Gasteiger partial charge in [0.2, 0.25) is 0 Å². The first-order chi connectivity index (χ1) is 68.0. The molecule has 51 heteroatoms. The van der Waals surface area contributed by atoms with Crippen molar-refractivity contribution in [3.05, 3.63) is 169 Å². The van der Waals surface area contributed by atoms with Crippen LogP contribution in [0.15, 0.2) is 91.0 Å². The van der Waals surface area contributed by atoms with E-state index in [0.29, 0.717) is 104 Å². The van der Waals surface area contributed by atoms with E-state index in [2.05, 4.69) is 127 Å². The number of ketones is 3. The molecule has 9 aliphatic rings. The molecule has 15 N–H and O–H groups in total. The van der Waals surface area contributed by atoms with Crippen LogP contribution in [0.1, 0.15) is 232 Å². The molecule has 4 amide bonds. The summed E-state index contributed by atoms with van der Waals surface area (Å²) in [5.74, 6) is -5.26. The molecule has 147 heavy (non-hydrogen) atoms. The van der Waals surface area contributed by atoms with Crippen molar-refractivity contribution in [2.45, 2.75) is 240 Å². The van der Waals surface area contributed by atoms with Gasteiger partial charge in [-0.1, -0.05) is 212 Å². The molecule has 0 aromatic heterocycles. The van der Waals surface area contributed by atoms with Gasteiger partial charge in [-0.05, 0) is 240 Å². The molecule has 0 spiro atoms. The molecule has 5 aromatic rings. The van der Waals surface area contributed by atoms with Gasteiger partial charge >= 0.3 is 74.8 Å². The van der Waals surface area contributed by atoms with Gasteiger partial charge in [-0.2, -0.15) is 0 Å². The first kappa shape index (κ1) is 137. The Labute approximate surface area is 971 Å². The average Bonchev–Trinajstić information content (AvgIpc) is 1.60. The first-order valence-corrected chi connectivity index (χ1v) is 51.0. The van der Waals surface area contributed by atoms with Gasteiger partial charge in [0.25, 0.3) is 41.8 Å². The van der Waals surface area contributed by atoms with Crippen LogP contribution in [0.4, 0.5) is 0 Å². The second-order valence-corrected chi connectivity index (χ2v) is 44.0. The molecule has 3 unspecified atom stereocenters. The zero-order chi connectivity index (χ0) is 111. The fraction of sp³-hybridized carbons (Fsp3) is 0.552. The maximum Gasteiger partial charge on any atom is 1.00 e. The quantitative estimate of drug-likeness (QED) is 0.0101. The molecular weight excluding hydrogens is 2390 g/mol. The van der Waals surface area contributed by atoms with Gasteiger partial charge in [-0.25, -0.2) is 10.0 Å². The summed E-state index contributed by atoms with van der Waals surface area (Å²) in [5.41, 5.74) is 9.82. The van der Waals surface area contributed by atoms with Crippen LogP contribution < -0.4 is 67.5 Å². The van der Waals surface area contributed by atoms with Gasteiger partial charge < -0.3 is 91.2 Å². The van der Waals surface area contributed by atoms with Crippen LogP contribution in [-0.2, 0) is 70.9 Å². The van der Waals surface area contributed by atoms with Gasteiger partial charge in [-0.15, -0.1) is 0 Å². The van der Waals surface area contributed by atoms with Crippen LogP contribution in [0.25, 0.3) is 0 Å². The number of halogens is 12. The van der Waals surface area contributed by atoms with Crippen LogP contribution in [0.5, 0.6) is 0 Å². The van der Waals surface area contributed by atoms with Crippen molar-refractivity contribution in [3.8, 4) is 0 Å². The number of benzene rings is 5. The van der Waals surface area contributed by atoms with E-state index in [0.717, 1.165) is 38.0 Å². The second-order valence-electron chi connectivity index (χ2n) is 39.4. The van der Waals surface area contributed by atoms with E-state index >= 15 is 0 Å². The molecule has 14 rings (SSSR count). The summed E-state index contributed by atoms with van der Waals surface area (Å²) < 4.78 is 53.2. The molecule has 3 heterocycles. The molecule has 1 radical (unpaired) electrons. The zero-order valence-corrected chi connectivity index (χ0v) is 100. The largest absolute Gasteiger partial charge is 1.00 e. The van der Waals surface area contributed by atoms with Gasteiger partial charge in [0, 0.05) is 100 Å². The van der Waals surface area contributed by atoms with E-state index in [1.807, 2.05) is 20.7 Å². The Balaban J connectivity index is 0.000000900. The molecule has 3 aliphatic heterocycles. The number of carbonyl (C=O) groups is 13. The summed E-state index contributed by atoms with van der Waals surface area (Å²) in [6.45, 7) is 31.2.